The lowest BCUT2D eigenvalue weighted by Gasteiger charge is -2.33. The van der Waals surface area contributed by atoms with E-state index in [0.717, 1.165) is 33.9 Å². The van der Waals surface area contributed by atoms with Gasteiger partial charge in [-0.05, 0) is 60.0 Å². The Morgan fingerprint density at radius 2 is 0.821 bits per heavy atom. The third-order valence-electron chi connectivity index (χ3n) is 5.10. The van der Waals surface area contributed by atoms with Crippen LogP contribution in [0.15, 0.2) is 72.8 Å². The van der Waals surface area contributed by atoms with E-state index in [1.165, 1.54) is 0 Å². The first-order valence-corrected chi connectivity index (χ1v) is 9.01. The second-order valence-electron chi connectivity index (χ2n) is 6.49. The maximum absolute atomic E-state index is 13.2. The molecule has 28 heavy (non-hydrogen) atoms. The van der Waals surface area contributed by atoms with Gasteiger partial charge in [-0.15, -0.1) is 0 Å². The minimum absolute atomic E-state index is 0.0213. The number of methoxy groups -OCH3 is 3. The summed E-state index contributed by atoms with van der Waals surface area (Å²) in [6.45, 7) is 1.62. The Bertz CT molecular complexity index is 810. The highest BCUT2D eigenvalue weighted by atomic mass is 16.5. The van der Waals surface area contributed by atoms with Gasteiger partial charge in [0, 0.05) is 0 Å². The summed E-state index contributed by atoms with van der Waals surface area (Å²) in [5.74, 6) is 2.25. The predicted octanol–water partition coefficient (Wildman–Crippen LogP) is 4.64. The van der Waals surface area contributed by atoms with Gasteiger partial charge in [0.1, 0.15) is 28.4 Å². The van der Waals surface area contributed by atoms with Crippen LogP contribution in [0, 0.1) is 0 Å². The molecule has 0 spiro atoms. The van der Waals surface area contributed by atoms with Crippen molar-refractivity contribution in [2.75, 3.05) is 21.3 Å². The van der Waals surface area contributed by atoms with Crippen LogP contribution >= 0.6 is 0 Å². The molecule has 0 heterocycles. The van der Waals surface area contributed by atoms with Crippen molar-refractivity contribution in [3.8, 4) is 17.2 Å². The van der Waals surface area contributed by atoms with Gasteiger partial charge in [0.25, 0.3) is 0 Å². The van der Waals surface area contributed by atoms with Crippen molar-refractivity contribution in [1.82, 2.24) is 0 Å². The number of carbonyl (C=O) groups is 1. The maximum Gasteiger partial charge on any atom is 0.149 e. The van der Waals surface area contributed by atoms with Crippen LogP contribution in [0.5, 0.6) is 17.2 Å². The Kier molecular flexibility index (Phi) is 5.69. The molecule has 3 rings (SSSR count). The lowest BCUT2D eigenvalue weighted by atomic mass is 9.67. The van der Waals surface area contributed by atoms with Gasteiger partial charge >= 0.3 is 0 Å². The average Bonchev–Trinajstić information content (AvgIpc) is 2.75. The van der Waals surface area contributed by atoms with Crippen LogP contribution in [-0.2, 0) is 10.2 Å². The van der Waals surface area contributed by atoms with E-state index in [1.807, 2.05) is 72.8 Å². The summed E-state index contributed by atoms with van der Waals surface area (Å²) in [4.78, 5) is 13.2. The summed E-state index contributed by atoms with van der Waals surface area (Å²) in [5, 5.41) is 0. The van der Waals surface area contributed by atoms with E-state index < -0.39 is 5.41 Å². The van der Waals surface area contributed by atoms with Crippen LogP contribution < -0.4 is 14.2 Å². The van der Waals surface area contributed by atoms with E-state index in [2.05, 4.69) is 0 Å². The molecular formula is C24H24O4. The van der Waals surface area contributed by atoms with Gasteiger partial charge < -0.3 is 14.2 Å². The fraction of sp³-hybridized carbons (Fsp3) is 0.208. The predicted molar refractivity (Wildman–Crippen MR) is 110 cm³/mol. The topological polar surface area (TPSA) is 44.8 Å². The monoisotopic (exact) mass is 376 g/mol. The molecule has 0 aliphatic heterocycles. The summed E-state index contributed by atoms with van der Waals surface area (Å²) < 4.78 is 15.9. The molecular weight excluding hydrogens is 352 g/mol. The molecule has 0 aliphatic carbocycles. The Morgan fingerprint density at radius 1 is 0.571 bits per heavy atom. The molecule has 0 bridgehead atoms. The molecule has 3 aromatic carbocycles. The number of benzene rings is 3. The highest BCUT2D eigenvalue weighted by Crippen LogP contribution is 2.41. The number of ketones is 1. The van der Waals surface area contributed by atoms with Crippen molar-refractivity contribution >= 4 is 5.78 Å². The van der Waals surface area contributed by atoms with E-state index in [1.54, 1.807) is 28.3 Å². The van der Waals surface area contributed by atoms with Crippen LogP contribution in [0.25, 0.3) is 0 Å². The number of rotatable bonds is 7. The van der Waals surface area contributed by atoms with Gasteiger partial charge in [0.05, 0.1) is 21.3 Å². The Labute approximate surface area is 165 Å². The van der Waals surface area contributed by atoms with Gasteiger partial charge in [-0.3, -0.25) is 4.79 Å². The second kappa shape index (κ2) is 8.17. The minimum atomic E-state index is -0.954. The number of hydrogen-bond donors (Lipinski definition) is 0. The molecule has 0 saturated carbocycles. The number of hydrogen-bond acceptors (Lipinski definition) is 4. The zero-order valence-electron chi connectivity index (χ0n) is 16.6. The van der Waals surface area contributed by atoms with Gasteiger partial charge in [-0.1, -0.05) is 36.4 Å². The average molecular weight is 376 g/mol. The van der Waals surface area contributed by atoms with Gasteiger partial charge in [0.2, 0.25) is 0 Å². The van der Waals surface area contributed by atoms with Crippen LogP contribution in [-0.4, -0.2) is 27.1 Å². The summed E-state index contributed by atoms with van der Waals surface area (Å²) in [5.41, 5.74) is 1.66. The van der Waals surface area contributed by atoms with E-state index in [-0.39, 0.29) is 5.78 Å². The largest absolute Gasteiger partial charge is 0.497 e. The zero-order valence-corrected chi connectivity index (χ0v) is 16.6. The fourth-order valence-corrected chi connectivity index (χ4v) is 3.63. The molecule has 4 heteroatoms. The first kappa shape index (κ1) is 19.5. The van der Waals surface area contributed by atoms with Crippen molar-refractivity contribution in [2.45, 2.75) is 12.3 Å². The third-order valence-corrected chi connectivity index (χ3v) is 5.10. The normalized spacial score (nSPS) is 11.0. The molecule has 3 aromatic rings. The number of Topliss-reactive ketones (excluding diaryl/α,β-unsaturated/α-hetero) is 1. The van der Waals surface area contributed by atoms with Gasteiger partial charge in [-0.25, -0.2) is 0 Å². The van der Waals surface area contributed by atoms with Crippen molar-refractivity contribution in [1.29, 1.82) is 0 Å². The number of carbonyl (C=O) groups excluding carboxylic acids is 1. The minimum Gasteiger partial charge on any atom is -0.497 e. The molecule has 4 nitrogen and oxygen atoms in total. The molecule has 0 atom stereocenters. The Balaban J connectivity index is 2.28. The molecule has 0 aliphatic rings. The zero-order chi connectivity index (χ0) is 20.1. The summed E-state index contributed by atoms with van der Waals surface area (Å²) in [6, 6.07) is 22.9. The highest BCUT2D eigenvalue weighted by Gasteiger charge is 2.41. The SMILES string of the molecule is COc1ccc(C(C(C)=O)(c2ccc(OC)cc2)c2ccc(OC)cc2)cc1. The standard InChI is InChI=1S/C24H24O4/c1-17(25)24(18-5-11-21(26-2)12-6-18,19-7-13-22(27-3)14-8-19)20-9-15-23(28-4)16-10-20/h5-16H,1-4H3. The quantitative estimate of drug-likeness (QED) is 0.564. The molecule has 0 aromatic heterocycles. The Hall–Kier alpha value is -3.27. The van der Waals surface area contributed by atoms with E-state index in [9.17, 15) is 4.79 Å². The van der Waals surface area contributed by atoms with Crippen LogP contribution in [0.1, 0.15) is 23.6 Å². The molecule has 0 fully saturated rings. The van der Waals surface area contributed by atoms with Crippen LogP contribution in [0.3, 0.4) is 0 Å². The fourth-order valence-electron chi connectivity index (χ4n) is 3.63. The van der Waals surface area contributed by atoms with E-state index >= 15 is 0 Å². The van der Waals surface area contributed by atoms with Crippen molar-refractivity contribution in [2.24, 2.45) is 0 Å². The van der Waals surface area contributed by atoms with Crippen molar-refractivity contribution < 1.29 is 19.0 Å². The summed E-state index contributed by atoms with van der Waals surface area (Å²) in [6.07, 6.45) is 0. The van der Waals surface area contributed by atoms with Crippen LogP contribution in [0.4, 0.5) is 0 Å². The lowest BCUT2D eigenvalue weighted by Crippen LogP contribution is -2.37. The van der Waals surface area contributed by atoms with Gasteiger partial charge in [0.15, 0.2) is 0 Å². The van der Waals surface area contributed by atoms with E-state index in [0.29, 0.717) is 0 Å². The van der Waals surface area contributed by atoms with Crippen molar-refractivity contribution in [3.63, 3.8) is 0 Å². The summed E-state index contributed by atoms with van der Waals surface area (Å²) >= 11 is 0. The highest BCUT2D eigenvalue weighted by molar-refractivity contribution is 5.96. The molecule has 0 unspecified atom stereocenters. The smallest absolute Gasteiger partial charge is 0.149 e. The molecule has 0 amide bonds. The van der Waals surface area contributed by atoms with E-state index in [4.69, 9.17) is 14.2 Å². The third kappa shape index (κ3) is 3.33. The van der Waals surface area contributed by atoms with Crippen molar-refractivity contribution in [3.05, 3.63) is 89.5 Å². The molecule has 0 N–H and O–H groups in total. The number of ether oxygens (including phenoxy) is 3. The first-order valence-electron chi connectivity index (χ1n) is 9.01. The Morgan fingerprint density at radius 3 is 1.00 bits per heavy atom. The molecule has 0 saturated heterocycles. The molecule has 144 valence electrons. The van der Waals surface area contributed by atoms with Crippen LogP contribution in [0.2, 0.25) is 0 Å². The second-order valence-corrected chi connectivity index (χ2v) is 6.49. The molecule has 0 radical (unpaired) electrons. The maximum atomic E-state index is 13.2. The first-order chi connectivity index (χ1) is 13.6. The summed E-state index contributed by atoms with van der Waals surface area (Å²) in [7, 11) is 4.88. The lowest BCUT2D eigenvalue weighted by molar-refractivity contribution is -0.119. The van der Waals surface area contributed by atoms with Gasteiger partial charge in [-0.2, -0.15) is 0 Å².